The molecular weight excluding hydrogens is 272 g/mol. The summed E-state index contributed by atoms with van der Waals surface area (Å²) >= 11 is 1.18. The number of nitrogens with zero attached hydrogens (tertiary/aromatic N) is 1. The Morgan fingerprint density at radius 1 is 1.39 bits per heavy atom. The summed E-state index contributed by atoms with van der Waals surface area (Å²) in [5.41, 5.74) is 0. The molecule has 1 amide bonds. The minimum absolute atomic E-state index is 0.0661. The lowest BCUT2D eigenvalue weighted by atomic mass is 10.3. The van der Waals surface area contributed by atoms with E-state index in [1.807, 2.05) is 4.90 Å². The first-order valence-electron chi connectivity index (χ1n) is 5.91. The summed E-state index contributed by atoms with van der Waals surface area (Å²) in [6, 6.07) is 3.34. The maximum atomic E-state index is 12.0. The van der Waals surface area contributed by atoms with Gasteiger partial charge in [-0.3, -0.25) is 4.79 Å². The van der Waals surface area contributed by atoms with E-state index in [1.165, 1.54) is 11.3 Å². The highest BCUT2D eigenvalue weighted by molar-refractivity contribution is 7.91. The molecule has 1 aliphatic carbocycles. The van der Waals surface area contributed by atoms with Crippen LogP contribution in [0, 0.1) is 0 Å². The van der Waals surface area contributed by atoms with Crippen LogP contribution in [0.3, 0.4) is 0 Å². The van der Waals surface area contributed by atoms with Gasteiger partial charge in [-0.15, -0.1) is 11.3 Å². The Kier molecular flexibility index (Phi) is 2.91. The van der Waals surface area contributed by atoms with Crippen molar-refractivity contribution in [3.8, 4) is 0 Å². The molecule has 98 valence electrons. The zero-order valence-electron chi connectivity index (χ0n) is 9.70. The van der Waals surface area contributed by atoms with Gasteiger partial charge in [0.25, 0.3) is 0 Å². The van der Waals surface area contributed by atoms with Gasteiger partial charge in [0.15, 0.2) is 0 Å². The lowest BCUT2D eigenvalue weighted by molar-refractivity contribution is -0.128. The van der Waals surface area contributed by atoms with E-state index in [2.05, 4.69) is 4.72 Å². The number of sulfonamides is 1. The molecule has 0 aromatic carbocycles. The molecule has 0 radical (unpaired) electrons. The Hall–Kier alpha value is -0.920. The fourth-order valence-corrected chi connectivity index (χ4v) is 4.48. The van der Waals surface area contributed by atoms with E-state index >= 15 is 0 Å². The highest BCUT2D eigenvalue weighted by Crippen LogP contribution is 2.31. The van der Waals surface area contributed by atoms with Gasteiger partial charge in [0.1, 0.15) is 4.21 Å². The van der Waals surface area contributed by atoms with Gasteiger partial charge in [0.2, 0.25) is 15.9 Å². The molecule has 0 unspecified atom stereocenters. The van der Waals surface area contributed by atoms with Crippen molar-refractivity contribution in [1.82, 2.24) is 9.62 Å². The quantitative estimate of drug-likeness (QED) is 0.890. The summed E-state index contributed by atoms with van der Waals surface area (Å²) in [5, 5.41) is 1.73. The number of carbonyl (C=O) groups is 1. The maximum absolute atomic E-state index is 12.0. The number of likely N-dealkylation sites (tertiary alicyclic amines) is 1. The smallest absolute Gasteiger partial charge is 0.250 e. The van der Waals surface area contributed by atoms with Gasteiger partial charge in [-0.1, -0.05) is 6.07 Å². The van der Waals surface area contributed by atoms with Crippen molar-refractivity contribution in [2.24, 2.45) is 0 Å². The van der Waals surface area contributed by atoms with Gasteiger partial charge in [0, 0.05) is 25.0 Å². The minimum atomic E-state index is -3.46. The normalized spacial score (nSPS) is 24.8. The van der Waals surface area contributed by atoms with Crippen molar-refractivity contribution >= 4 is 27.3 Å². The van der Waals surface area contributed by atoms with Gasteiger partial charge >= 0.3 is 0 Å². The fraction of sp³-hybridized carbons (Fsp3) is 0.545. The third-order valence-electron chi connectivity index (χ3n) is 3.23. The van der Waals surface area contributed by atoms with Crippen molar-refractivity contribution in [2.75, 3.05) is 6.54 Å². The van der Waals surface area contributed by atoms with Gasteiger partial charge in [-0.25, -0.2) is 13.1 Å². The van der Waals surface area contributed by atoms with Crippen LogP contribution < -0.4 is 4.72 Å². The molecule has 1 atom stereocenters. The van der Waals surface area contributed by atoms with Crippen molar-refractivity contribution in [3.05, 3.63) is 17.5 Å². The zero-order chi connectivity index (χ0) is 12.8. The number of carbonyl (C=O) groups excluding carboxylic acids is 1. The molecule has 1 saturated heterocycles. The van der Waals surface area contributed by atoms with Gasteiger partial charge in [-0.2, -0.15) is 0 Å². The van der Waals surface area contributed by atoms with Crippen LogP contribution in [0.25, 0.3) is 0 Å². The van der Waals surface area contributed by atoms with Crippen LogP contribution in [0.1, 0.15) is 19.3 Å². The predicted octanol–water partition coefficient (Wildman–Crippen LogP) is 0.790. The van der Waals surface area contributed by atoms with Crippen LogP contribution in [0.5, 0.6) is 0 Å². The topological polar surface area (TPSA) is 66.5 Å². The van der Waals surface area contributed by atoms with E-state index < -0.39 is 10.0 Å². The Balaban J connectivity index is 1.69. The molecule has 2 aliphatic rings. The van der Waals surface area contributed by atoms with Crippen LogP contribution in [0.2, 0.25) is 0 Å². The monoisotopic (exact) mass is 286 g/mol. The summed E-state index contributed by atoms with van der Waals surface area (Å²) < 4.78 is 27.0. The van der Waals surface area contributed by atoms with E-state index in [4.69, 9.17) is 0 Å². The van der Waals surface area contributed by atoms with Crippen LogP contribution in [-0.4, -0.2) is 37.9 Å². The average Bonchev–Trinajstić information content (AvgIpc) is 2.85. The van der Waals surface area contributed by atoms with E-state index in [-0.39, 0.29) is 18.4 Å². The fourth-order valence-electron chi connectivity index (χ4n) is 2.24. The van der Waals surface area contributed by atoms with Crippen LogP contribution in [-0.2, 0) is 14.8 Å². The second-order valence-corrected chi connectivity index (χ2v) is 7.62. The zero-order valence-corrected chi connectivity index (χ0v) is 11.3. The molecule has 2 fully saturated rings. The number of amides is 1. The Bertz CT molecular complexity index is 549. The highest BCUT2D eigenvalue weighted by Gasteiger charge is 2.40. The standard InChI is InChI=1S/C11H14N2O3S2/c14-10-6-8(7-13(10)9-3-4-9)12-18(15,16)11-2-1-5-17-11/h1-2,5,8-9,12H,3-4,6-7H2/t8-/m0/s1. The van der Waals surface area contributed by atoms with Gasteiger partial charge in [-0.05, 0) is 24.3 Å². The molecule has 5 nitrogen and oxygen atoms in total. The Morgan fingerprint density at radius 3 is 2.78 bits per heavy atom. The predicted molar refractivity (Wildman–Crippen MR) is 67.8 cm³/mol. The van der Waals surface area contributed by atoms with E-state index in [0.29, 0.717) is 16.8 Å². The summed E-state index contributed by atoms with van der Waals surface area (Å²) in [6.45, 7) is 0.508. The molecule has 3 rings (SSSR count). The van der Waals surface area contributed by atoms with Crippen LogP contribution >= 0.6 is 11.3 Å². The molecule has 0 spiro atoms. The molecule has 2 heterocycles. The van der Waals surface area contributed by atoms with Crippen molar-refractivity contribution in [2.45, 2.75) is 35.6 Å². The molecule has 7 heteroatoms. The largest absolute Gasteiger partial charge is 0.338 e. The van der Waals surface area contributed by atoms with E-state index in [9.17, 15) is 13.2 Å². The van der Waals surface area contributed by atoms with E-state index in [0.717, 1.165) is 12.8 Å². The summed E-state index contributed by atoms with van der Waals surface area (Å²) in [5.74, 6) is 0.0661. The molecule has 1 saturated carbocycles. The SMILES string of the molecule is O=C1C[C@H](NS(=O)(=O)c2cccs2)CN1C1CC1. The first-order chi connectivity index (χ1) is 8.56. The number of hydrogen-bond donors (Lipinski definition) is 1. The Labute approximate surface area is 110 Å². The number of thiophene rings is 1. The minimum Gasteiger partial charge on any atom is -0.338 e. The summed E-state index contributed by atoms with van der Waals surface area (Å²) in [7, 11) is -3.46. The second kappa shape index (κ2) is 4.32. The van der Waals surface area contributed by atoms with Crippen LogP contribution in [0.4, 0.5) is 0 Å². The lowest BCUT2D eigenvalue weighted by Gasteiger charge is -2.15. The molecule has 1 aromatic heterocycles. The van der Waals surface area contributed by atoms with E-state index in [1.54, 1.807) is 17.5 Å². The maximum Gasteiger partial charge on any atom is 0.250 e. The summed E-state index contributed by atoms with van der Waals surface area (Å²) in [4.78, 5) is 13.5. The van der Waals surface area contributed by atoms with Gasteiger partial charge in [0.05, 0.1) is 0 Å². The number of rotatable bonds is 4. The Morgan fingerprint density at radius 2 is 2.17 bits per heavy atom. The molecular formula is C11H14N2O3S2. The number of nitrogens with one attached hydrogen (secondary N) is 1. The first-order valence-corrected chi connectivity index (χ1v) is 8.28. The summed E-state index contributed by atoms with van der Waals surface area (Å²) in [6.07, 6.45) is 2.38. The average molecular weight is 286 g/mol. The first kappa shape index (κ1) is 12.1. The van der Waals surface area contributed by atoms with Gasteiger partial charge < -0.3 is 4.90 Å². The third kappa shape index (κ3) is 2.30. The third-order valence-corrected chi connectivity index (χ3v) is 6.15. The molecule has 1 aromatic rings. The number of hydrogen-bond acceptors (Lipinski definition) is 4. The highest BCUT2D eigenvalue weighted by atomic mass is 32.2. The van der Waals surface area contributed by atoms with Crippen molar-refractivity contribution < 1.29 is 13.2 Å². The second-order valence-electron chi connectivity index (χ2n) is 4.73. The molecule has 0 bridgehead atoms. The van der Waals surface area contributed by atoms with Crippen molar-refractivity contribution in [1.29, 1.82) is 0 Å². The molecule has 18 heavy (non-hydrogen) atoms. The van der Waals surface area contributed by atoms with Crippen molar-refractivity contribution in [3.63, 3.8) is 0 Å². The lowest BCUT2D eigenvalue weighted by Crippen LogP contribution is -2.37. The van der Waals surface area contributed by atoms with Crippen LogP contribution in [0.15, 0.2) is 21.7 Å². The molecule has 1 N–H and O–H groups in total. The molecule has 1 aliphatic heterocycles.